The average Bonchev–Trinajstić information content (AvgIpc) is 3.18. The van der Waals surface area contributed by atoms with Gasteiger partial charge >= 0.3 is 5.97 Å². The first-order valence-electron chi connectivity index (χ1n) is 9.91. The number of hydrogen-bond acceptors (Lipinski definition) is 4. The number of H-pyrrole nitrogens is 1. The highest BCUT2D eigenvalue weighted by Gasteiger charge is 2.72. The second kappa shape index (κ2) is 5.48. The molecule has 2 amide bonds. The van der Waals surface area contributed by atoms with E-state index in [1.165, 1.54) is 0 Å². The minimum Gasteiger partial charge on any atom is -0.480 e. The van der Waals surface area contributed by atoms with Gasteiger partial charge in [-0.2, -0.15) is 0 Å². The van der Waals surface area contributed by atoms with E-state index in [0.29, 0.717) is 38.9 Å². The van der Waals surface area contributed by atoms with E-state index in [2.05, 4.69) is 9.97 Å². The Kier molecular flexibility index (Phi) is 3.25. The summed E-state index contributed by atoms with van der Waals surface area (Å²) in [6, 6.07) is 3.86. The predicted octanol–water partition coefficient (Wildman–Crippen LogP) is 2.70. The summed E-state index contributed by atoms with van der Waals surface area (Å²) in [7, 11) is 0. The van der Waals surface area contributed by atoms with E-state index in [0.717, 1.165) is 30.6 Å². The van der Waals surface area contributed by atoms with Crippen molar-refractivity contribution < 1.29 is 19.5 Å². The highest BCUT2D eigenvalue weighted by atomic mass is 35.5. The monoisotopic (exact) mass is 411 g/mol. The molecule has 3 aliphatic carbocycles. The van der Waals surface area contributed by atoms with Gasteiger partial charge in [-0.05, 0) is 55.7 Å². The lowest BCUT2D eigenvalue weighted by molar-refractivity contribution is -0.153. The van der Waals surface area contributed by atoms with Crippen molar-refractivity contribution in [1.29, 1.82) is 0 Å². The van der Waals surface area contributed by atoms with E-state index in [1.54, 1.807) is 18.2 Å². The number of benzene rings is 1. The molecule has 2 saturated carbocycles. The molecule has 2 N–H and O–H groups in total. The fourth-order valence-electron chi connectivity index (χ4n) is 6.20. The Balaban J connectivity index is 1.33. The van der Waals surface area contributed by atoms with Crippen LogP contribution in [0.5, 0.6) is 0 Å². The normalized spacial score (nSPS) is 30.7. The molecular weight excluding hydrogens is 394 g/mol. The van der Waals surface area contributed by atoms with E-state index in [-0.39, 0.29) is 17.8 Å². The number of fused-ring (bicyclic) bond motifs is 2. The number of carboxylic acid groups (broad SMARTS) is 1. The van der Waals surface area contributed by atoms with Gasteiger partial charge in [0.15, 0.2) is 0 Å². The summed E-state index contributed by atoms with van der Waals surface area (Å²) in [6.07, 6.45) is 3.95. The molecule has 4 aliphatic rings. The van der Waals surface area contributed by atoms with Crippen LogP contribution in [0.15, 0.2) is 29.3 Å². The molecule has 1 aliphatic heterocycles. The highest BCUT2D eigenvalue weighted by molar-refractivity contribution is 6.31. The van der Waals surface area contributed by atoms with Crippen LogP contribution in [0.3, 0.4) is 0 Å². The minimum absolute atomic E-state index is 0.0687. The van der Waals surface area contributed by atoms with Gasteiger partial charge < -0.3 is 10.1 Å². The second-order valence-electron chi connectivity index (χ2n) is 8.58. The number of imidazole rings is 1. The van der Waals surface area contributed by atoms with Crippen LogP contribution in [0, 0.1) is 17.3 Å². The predicted molar refractivity (Wildman–Crippen MR) is 103 cm³/mol. The minimum atomic E-state index is -1.28. The first kappa shape index (κ1) is 17.2. The molecule has 6 rings (SSSR count). The summed E-state index contributed by atoms with van der Waals surface area (Å²) < 4.78 is 0. The molecule has 148 valence electrons. The molecule has 2 aromatic rings. The maximum atomic E-state index is 13.2. The third-order valence-electron chi connectivity index (χ3n) is 7.50. The molecule has 1 aromatic carbocycles. The molecule has 1 spiro atoms. The molecule has 0 bridgehead atoms. The molecular formula is C21H18ClN3O4. The summed E-state index contributed by atoms with van der Waals surface area (Å²) in [5, 5.41) is 10.4. The zero-order valence-electron chi connectivity index (χ0n) is 15.4. The number of carbonyl (C=O) groups is 3. The number of aromatic amines is 1. The Morgan fingerprint density at radius 3 is 2.86 bits per heavy atom. The lowest BCUT2D eigenvalue weighted by atomic mass is 9.46. The molecule has 2 heterocycles. The van der Waals surface area contributed by atoms with Crippen molar-refractivity contribution in [1.82, 2.24) is 14.9 Å². The Labute approximate surface area is 170 Å². The summed E-state index contributed by atoms with van der Waals surface area (Å²) in [6.45, 7) is 0. The molecule has 1 aromatic heterocycles. The fraction of sp³-hybridized carbons (Fsp3) is 0.429. The lowest BCUT2D eigenvalue weighted by Crippen LogP contribution is -2.51. The van der Waals surface area contributed by atoms with Crippen LogP contribution in [-0.4, -0.2) is 43.8 Å². The number of likely N-dealkylation sites (tertiary alicyclic amines) is 1. The third-order valence-corrected chi connectivity index (χ3v) is 7.74. The maximum absolute atomic E-state index is 13.2. The van der Waals surface area contributed by atoms with Gasteiger partial charge in [-0.15, -0.1) is 0 Å². The van der Waals surface area contributed by atoms with E-state index in [4.69, 9.17) is 11.6 Å². The van der Waals surface area contributed by atoms with Gasteiger partial charge in [0.25, 0.3) is 11.8 Å². The zero-order valence-corrected chi connectivity index (χ0v) is 16.2. The standard InChI is InChI=1S/C21H18ClN3O4/c22-10-2-4-12-13(7-10)24-15(23-12)8-14(20(28)29)25-18(26)16-11-3-1-9-5-6-21(9,11)17(16)19(25)27/h2,4,7,9,11,14H,1,3,5-6,8H2,(H,23,24)(H,28,29)/t9-,11-,14+,21?/m0/s1. The molecule has 29 heavy (non-hydrogen) atoms. The van der Waals surface area contributed by atoms with Crippen molar-refractivity contribution in [3.8, 4) is 0 Å². The molecule has 1 unspecified atom stereocenters. The van der Waals surface area contributed by atoms with Gasteiger partial charge in [0.1, 0.15) is 11.9 Å². The lowest BCUT2D eigenvalue weighted by Gasteiger charge is -2.55. The van der Waals surface area contributed by atoms with Crippen molar-refractivity contribution in [2.24, 2.45) is 17.3 Å². The summed E-state index contributed by atoms with van der Waals surface area (Å²) in [5.74, 6) is -1.00. The van der Waals surface area contributed by atoms with Crippen molar-refractivity contribution in [3.05, 3.63) is 40.2 Å². The van der Waals surface area contributed by atoms with Crippen molar-refractivity contribution >= 4 is 40.4 Å². The number of carbonyl (C=O) groups excluding carboxylic acids is 2. The molecule has 0 saturated heterocycles. The zero-order chi connectivity index (χ0) is 20.1. The molecule has 0 radical (unpaired) electrons. The molecule has 4 atom stereocenters. The number of aliphatic carboxylic acids is 1. The van der Waals surface area contributed by atoms with Crippen LogP contribution in [0.4, 0.5) is 0 Å². The van der Waals surface area contributed by atoms with Crippen molar-refractivity contribution in [3.63, 3.8) is 0 Å². The number of nitrogens with zero attached hydrogens (tertiary/aromatic N) is 2. The average molecular weight is 412 g/mol. The second-order valence-corrected chi connectivity index (χ2v) is 9.01. The Bertz CT molecular complexity index is 1170. The highest BCUT2D eigenvalue weighted by Crippen LogP contribution is 2.74. The first-order valence-corrected chi connectivity index (χ1v) is 10.3. The van der Waals surface area contributed by atoms with E-state index >= 15 is 0 Å². The summed E-state index contributed by atoms with van der Waals surface area (Å²) in [5.41, 5.74) is 2.40. The molecule has 2 fully saturated rings. The number of aromatic nitrogens is 2. The Morgan fingerprint density at radius 1 is 1.31 bits per heavy atom. The van der Waals surface area contributed by atoms with Crippen LogP contribution in [0.1, 0.15) is 31.5 Å². The van der Waals surface area contributed by atoms with Crippen LogP contribution < -0.4 is 0 Å². The quantitative estimate of drug-likeness (QED) is 0.753. The molecule has 7 nitrogen and oxygen atoms in total. The largest absolute Gasteiger partial charge is 0.480 e. The summed E-state index contributed by atoms with van der Waals surface area (Å²) >= 11 is 6.00. The maximum Gasteiger partial charge on any atom is 0.327 e. The van der Waals surface area contributed by atoms with E-state index in [9.17, 15) is 19.5 Å². The first-order chi connectivity index (χ1) is 13.9. The third kappa shape index (κ3) is 1.99. The van der Waals surface area contributed by atoms with Gasteiger partial charge in [0, 0.05) is 28.0 Å². The summed E-state index contributed by atoms with van der Waals surface area (Å²) in [4.78, 5) is 46.8. The van der Waals surface area contributed by atoms with Crippen LogP contribution in [-0.2, 0) is 20.8 Å². The Morgan fingerprint density at radius 2 is 2.14 bits per heavy atom. The number of halogens is 1. The van der Waals surface area contributed by atoms with E-state index in [1.807, 2.05) is 0 Å². The SMILES string of the molecule is O=C(O)[C@@H](Cc1nc2ccc(Cl)cc2[nH]1)N1C(=O)C2=C(C1=O)C13CC[C@@H]1CC[C@@H]23. The van der Waals surface area contributed by atoms with Gasteiger partial charge in [0.05, 0.1) is 11.0 Å². The van der Waals surface area contributed by atoms with Gasteiger partial charge in [0.2, 0.25) is 0 Å². The van der Waals surface area contributed by atoms with Crippen LogP contribution in [0.25, 0.3) is 11.0 Å². The smallest absolute Gasteiger partial charge is 0.327 e. The van der Waals surface area contributed by atoms with Gasteiger partial charge in [-0.3, -0.25) is 14.5 Å². The van der Waals surface area contributed by atoms with Crippen molar-refractivity contribution in [2.75, 3.05) is 0 Å². The number of rotatable bonds is 4. The van der Waals surface area contributed by atoms with Gasteiger partial charge in [-0.1, -0.05) is 11.6 Å². The van der Waals surface area contributed by atoms with Crippen LogP contribution >= 0.6 is 11.6 Å². The molecule has 8 heteroatoms. The van der Waals surface area contributed by atoms with Crippen LogP contribution in [0.2, 0.25) is 5.02 Å². The van der Waals surface area contributed by atoms with Crippen molar-refractivity contribution in [2.45, 2.75) is 38.1 Å². The van der Waals surface area contributed by atoms with Gasteiger partial charge in [-0.25, -0.2) is 9.78 Å². The Hall–Kier alpha value is -2.67. The number of imide groups is 1. The number of amides is 2. The number of nitrogens with one attached hydrogen (secondary N) is 1. The number of hydrogen-bond donors (Lipinski definition) is 2. The topological polar surface area (TPSA) is 103 Å². The fourth-order valence-corrected chi connectivity index (χ4v) is 6.37. The number of carboxylic acids is 1. The van der Waals surface area contributed by atoms with E-state index < -0.39 is 23.8 Å².